The second-order valence-electron chi connectivity index (χ2n) is 5.00. The Morgan fingerprint density at radius 1 is 0.818 bits per heavy atom. The van der Waals surface area contributed by atoms with Crippen molar-refractivity contribution in [2.24, 2.45) is 0 Å². The molecule has 0 saturated heterocycles. The van der Waals surface area contributed by atoms with Gasteiger partial charge in [-0.25, -0.2) is 0 Å². The fraction of sp³-hybridized carbons (Fsp3) is 0.105. The van der Waals surface area contributed by atoms with Crippen molar-refractivity contribution in [3.63, 3.8) is 0 Å². The van der Waals surface area contributed by atoms with Gasteiger partial charge in [-0.3, -0.25) is 5.32 Å². The van der Waals surface area contributed by atoms with Crippen molar-refractivity contribution in [1.82, 2.24) is 5.32 Å². The summed E-state index contributed by atoms with van der Waals surface area (Å²) in [7, 11) is 0. The lowest BCUT2D eigenvalue weighted by Crippen LogP contribution is -2.26. The first-order valence-electron chi connectivity index (χ1n) is 7.17. The third-order valence-corrected chi connectivity index (χ3v) is 4.49. The Kier molecular flexibility index (Phi) is 4.65. The SMILES string of the molecule is N#C[C@H](NC(c1ccccc1)c1ccccc1)c1cccs1. The Hall–Kier alpha value is -2.41. The predicted octanol–water partition coefficient (Wildman–Crippen LogP) is 4.69. The van der Waals surface area contributed by atoms with Gasteiger partial charge in [0.25, 0.3) is 0 Å². The largest absolute Gasteiger partial charge is 0.287 e. The molecule has 1 atom stereocenters. The van der Waals surface area contributed by atoms with Gasteiger partial charge >= 0.3 is 0 Å². The molecule has 3 heteroatoms. The topological polar surface area (TPSA) is 35.8 Å². The quantitative estimate of drug-likeness (QED) is 0.742. The molecule has 0 spiro atoms. The van der Waals surface area contributed by atoms with Crippen LogP contribution >= 0.6 is 11.3 Å². The second-order valence-corrected chi connectivity index (χ2v) is 5.98. The van der Waals surface area contributed by atoms with Crippen molar-refractivity contribution in [2.45, 2.75) is 12.1 Å². The number of hydrogen-bond acceptors (Lipinski definition) is 3. The van der Waals surface area contributed by atoms with E-state index in [1.165, 1.54) is 0 Å². The Bertz CT molecular complexity index is 691. The molecule has 0 unspecified atom stereocenters. The first-order chi connectivity index (χ1) is 10.9. The number of thiophene rings is 1. The lowest BCUT2D eigenvalue weighted by atomic mass is 9.98. The van der Waals surface area contributed by atoms with Gasteiger partial charge < -0.3 is 0 Å². The molecule has 2 nitrogen and oxygen atoms in total. The van der Waals surface area contributed by atoms with Gasteiger partial charge in [0.2, 0.25) is 0 Å². The molecule has 22 heavy (non-hydrogen) atoms. The van der Waals surface area contributed by atoms with E-state index in [-0.39, 0.29) is 12.1 Å². The number of nitrogens with one attached hydrogen (secondary N) is 1. The molecule has 0 amide bonds. The average Bonchev–Trinajstić information content (AvgIpc) is 3.12. The van der Waals surface area contributed by atoms with Gasteiger partial charge in [0.05, 0.1) is 12.1 Å². The maximum absolute atomic E-state index is 9.53. The van der Waals surface area contributed by atoms with E-state index in [0.717, 1.165) is 16.0 Å². The van der Waals surface area contributed by atoms with Crippen LogP contribution in [-0.4, -0.2) is 0 Å². The zero-order valence-electron chi connectivity index (χ0n) is 12.0. The van der Waals surface area contributed by atoms with Gasteiger partial charge in [0, 0.05) is 4.88 Å². The van der Waals surface area contributed by atoms with Crippen LogP contribution in [0, 0.1) is 11.3 Å². The van der Waals surface area contributed by atoms with Crippen LogP contribution in [0.2, 0.25) is 0 Å². The minimum Gasteiger partial charge on any atom is -0.287 e. The van der Waals surface area contributed by atoms with E-state index < -0.39 is 0 Å². The molecule has 0 aliphatic heterocycles. The Balaban J connectivity index is 1.94. The van der Waals surface area contributed by atoms with Crippen molar-refractivity contribution in [1.29, 1.82) is 5.26 Å². The van der Waals surface area contributed by atoms with Gasteiger partial charge in [-0.2, -0.15) is 5.26 Å². The summed E-state index contributed by atoms with van der Waals surface area (Å²) in [5.41, 5.74) is 2.32. The highest BCUT2D eigenvalue weighted by Gasteiger charge is 2.20. The van der Waals surface area contributed by atoms with Crippen molar-refractivity contribution in [3.8, 4) is 6.07 Å². The highest BCUT2D eigenvalue weighted by molar-refractivity contribution is 7.10. The molecule has 2 aromatic carbocycles. The molecule has 0 bridgehead atoms. The fourth-order valence-corrected chi connectivity index (χ4v) is 3.21. The number of hydrogen-bond donors (Lipinski definition) is 1. The van der Waals surface area contributed by atoms with Gasteiger partial charge in [0.1, 0.15) is 6.04 Å². The standard InChI is InChI=1S/C19H16N2S/c20-14-17(18-12-7-13-22-18)21-19(15-8-3-1-4-9-15)16-10-5-2-6-11-16/h1-13,17,19,21H/t17-/m0/s1. The van der Waals surface area contributed by atoms with Crippen molar-refractivity contribution in [2.75, 3.05) is 0 Å². The molecule has 108 valence electrons. The Morgan fingerprint density at radius 2 is 1.41 bits per heavy atom. The molecule has 3 rings (SSSR count). The monoisotopic (exact) mass is 304 g/mol. The minimum absolute atomic E-state index is 0.00542. The van der Waals surface area contributed by atoms with Crippen LogP contribution in [-0.2, 0) is 0 Å². The molecule has 1 heterocycles. The minimum atomic E-state index is -0.314. The Morgan fingerprint density at radius 3 is 1.86 bits per heavy atom. The van der Waals surface area contributed by atoms with E-state index in [1.54, 1.807) is 11.3 Å². The lowest BCUT2D eigenvalue weighted by Gasteiger charge is -2.22. The molecular weight excluding hydrogens is 288 g/mol. The van der Waals surface area contributed by atoms with Crippen LogP contribution < -0.4 is 5.32 Å². The summed E-state index contributed by atoms with van der Waals surface area (Å²) in [6.45, 7) is 0. The summed E-state index contributed by atoms with van der Waals surface area (Å²) >= 11 is 1.60. The van der Waals surface area contributed by atoms with Crippen molar-refractivity contribution >= 4 is 11.3 Å². The maximum atomic E-state index is 9.53. The van der Waals surface area contributed by atoms with Crippen LogP contribution in [0.1, 0.15) is 28.1 Å². The second kappa shape index (κ2) is 7.04. The van der Waals surface area contributed by atoms with Gasteiger partial charge in [-0.15, -0.1) is 11.3 Å². The summed E-state index contributed by atoms with van der Waals surface area (Å²) in [4.78, 5) is 1.04. The van der Waals surface area contributed by atoms with Crippen LogP contribution in [0.4, 0.5) is 0 Å². The Labute approximate surface area is 134 Å². The van der Waals surface area contributed by atoms with E-state index in [0.29, 0.717) is 0 Å². The van der Waals surface area contributed by atoms with Gasteiger partial charge in [-0.1, -0.05) is 66.7 Å². The molecular formula is C19H16N2S. The number of rotatable bonds is 5. The fourth-order valence-electron chi connectivity index (χ4n) is 2.48. The lowest BCUT2D eigenvalue weighted by molar-refractivity contribution is 0.565. The van der Waals surface area contributed by atoms with Gasteiger partial charge in [0.15, 0.2) is 0 Å². The zero-order chi connectivity index (χ0) is 15.2. The number of nitrogens with zero attached hydrogens (tertiary/aromatic N) is 1. The highest BCUT2D eigenvalue weighted by atomic mass is 32.1. The van der Waals surface area contributed by atoms with Crippen LogP contribution in [0.15, 0.2) is 78.2 Å². The number of benzene rings is 2. The predicted molar refractivity (Wildman–Crippen MR) is 90.5 cm³/mol. The van der Waals surface area contributed by atoms with Crippen molar-refractivity contribution < 1.29 is 0 Å². The van der Waals surface area contributed by atoms with Crippen LogP contribution in [0.5, 0.6) is 0 Å². The molecule has 3 aromatic rings. The summed E-state index contributed by atoms with van der Waals surface area (Å²) in [5.74, 6) is 0. The van der Waals surface area contributed by atoms with Crippen LogP contribution in [0.25, 0.3) is 0 Å². The third kappa shape index (κ3) is 3.25. The van der Waals surface area contributed by atoms with E-state index in [4.69, 9.17) is 0 Å². The average molecular weight is 304 g/mol. The maximum Gasteiger partial charge on any atom is 0.131 e. The summed E-state index contributed by atoms with van der Waals surface area (Å²) in [6.07, 6.45) is 0. The van der Waals surface area contributed by atoms with E-state index in [2.05, 4.69) is 35.7 Å². The normalized spacial score (nSPS) is 12.0. The first kappa shape index (κ1) is 14.5. The molecule has 0 saturated carbocycles. The number of nitriles is 1. The van der Waals surface area contributed by atoms with Gasteiger partial charge in [-0.05, 0) is 22.6 Å². The summed E-state index contributed by atoms with van der Waals surface area (Å²) < 4.78 is 0. The molecule has 0 aliphatic rings. The van der Waals surface area contributed by atoms with Crippen LogP contribution in [0.3, 0.4) is 0 Å². The third-order valence-electron chi connectivity index (χ3n) is 3.56. The molecule has 0 radical (unpaired) electrons. The summed E-state index contributed by atoms with van der Waals surface area (Å²) in [5, 5.41) is 15.0. The molecule has 0 aliphatic carbocycles. The molecule has 0 fully saturated rings. The van der Waals surface area contributed by atoms with E-state index >= 15 is 0 Å². The highest BCUT2D eigenvalue weighted by Crippen LogP contribution is 2.27. The van der Waals surface area contributed by atoms with E-state index in [9.17, 15) is 5.26 Å². The van der Waals surface area contributed by atoms with Crippen molar-refractivity contribution in [3.05, 3.63) is 94.2 Å². The zero-order valence-corrected chi connectivity index (χ0v) is 12.8. The molecule has 1 aromatic heterocycles. The smallest absolute Gasteiger partial charge is 0.131 e. The molecule has 1 N–H and O–H groups in total. The van der Waals surface area contributed by atoms with E-state index in [1.807, 2.05) is 53.9 Å². The first-order valence-corrected chi connectivity index (χ1v) is 8.05. The summed E-state index contributed by atoms with van der Waals surface area (Å²) in [6, 6.07) is 26.5.